The molecule has 1 aromatic heterocycles. The molecule has 31 heavy (non-hydrogen) atoms. The first-order chi connectivity index (χ1) is 15.0. The summed E-state index contributed by atoms with van der Waals surface area (Å²) in [6, 6.07) is 10.7. The number of hydrogen-bond acceptors (Lipinski definition) is 8. The van der Waals surface area contributed by atoms with Gasteiger partial charge in [-0.2, -0.15) is 10.2 Å². The fraction of sp³-hybridized carbons (Fsp3) is 0.150. The van der Waals surface area contributed by atoms with E-state index in [4.69, 9.17) is 14.2 Å². The van der Waals surface area contributed by atoms with Crippen molar-refractivity contribution in [2.45, 2.75) is 0 Å². The van der Waals surface area contributed by atoms with Crippen LogP contribution >= 0.6 is 0 Å². The summed E-state index contributed by atoms with van der Waals surface area (Å²) in [5.41, 5.74) is 3.90. The van der Waals surface area contributed by atoms with Crippen LogP contribution in [0.3, 0.4) is 0 Å². The van der Waals surface area contributed by atoms with Crippen molar-refractivity contribution in [2.24, 2.45) is 5.10 Å². The molecule has 11 heteroatoms. The molecule has 0 radical (unpaired) electrons. The van der Waals surface area contributed by atoms with Crippen molar-refractivity contribution in [3.63, 3.8) is 0 Å². The van der Waals surface area contributed by atoms with E-state index in [0.717, 1.165) is 0 Å². The topological polar surface area (TPSA) is 141 Å². The molecule has 0 aliphatic rings. The summed E-state index contributed by atoms with van der Waals surface area (Å²) >= 11 is 0. The molecule has 0 fully saturated rings. The Morgan fingerprint density at radius 1 is 1.10 bits per heavy atom. The van der Waals surface area contributed by atoms with Gasteiger partial charge in [-0.25, -0.2) is 5.43 Å². The third-order valence-electron chi connectivity index (χ3n) is 4.28. The molecule has 0 spiro atoms. The largest absolute Gasteiger partial charge is 0.496 e. The fourth-order valence-corrected chi connectivity index (χ4v) is 2.74. The van der Waals surface area contributed by atoms with Crippen LogP contribution in [0.1, 0.15) is 16.1 Å². The normalized spacial score (nSPS) is 10.7. The highest BCUT2D eigenvalue weighted by molar-refractivity contribution is 5.94. The molecule has 2 N–H and O–H groups in total. The second-order valence-electron chi connectivity index (χ2n) is 6.12. The predicted molar refractivity (Wildman–Crippen MR) is 112 cm³/mol. The van der Waals surface area contributed by atoms with Gasteiger partial charge < -0.3 is 14.2 Å². The maximum Gasteiger partial charge on any atom is 0.289 e. The van der Waals surface area contributed by atoms with E-state index in [1.165, 1.54) is 45.7 Å². The van der Waals surface area contributed by atoms with Crippen LogP contribution in [0.5, 0.6) is 17.2 Å². The highest BCUT2D eigenvalue weighted by Crippen LogP contribution is 2.33. The number of non-ortho nitro benzene ring substituents is 1. The summed E-state index contributed by atoms with van der Waals surface area (Å²) in [7, 11) is 4.51. The van der Waals surface area contributed by atoms with Crippen molar-refractivity contribution in [3.8, 4) is 28.5 Å². The summed E-state index contributed by atoms with van der Waals surface area (Å²) in [5.74, 6) is 0.905. The van der Waals surface area contributed by atoms with Gasteiger partial charge in [0.1, 0.15) is 11.4 Å². The van der Waals surface area contributed by atoms with Crippen molar-refractivity contribution >= 4 is 17.8 Å². The van der Waals surface area contributed by atoms with Crippen molar-refractivity contribution < 1.29 is 23.9 Å². The van der Waals surface area contributed by atoms with Crippen LogP contribution in [-0.4, -0.2) is 48.6 Å². The third-order valence-corrected chi connectivity index (χ3v) is 4.28. The molecule has 0 bridgehead atoms. The Balaban J connectivity index is 1.74. The van der Waals surface area contributed by atoms with E-state index in [0.29, 0.717) is 34.1 Å². The first-order valence-electron chi connectivity index (χ1n) is 8.90. The zero-order valence-corrected chi connectivity index (χ0v) is 16.9. The van der Waals surface area contributed by atoms with Crippen molar-refractivity contribution in [1.29, 1.82) is 0 Å². The van der Waals surface area contributed by atoms with Crippen LogP contribution in [-0.2, 0) is 0 Å². The number of benzene rings is 2. The van der Waals surface area contributed by atoms with E-state index in [1.54, 1.807) is 24.3 Å². The minimum absolute atomic E-state index is 0.0695. The van der Waals surface area contributed by atoms with Gasteiger partial charge in [-0.15, -0.1) is 0 Å². The molecule has 1 amide bonds. The van der Waals surface area contributed by atoms with Crippen LogP contribution in [0.2, 0.25) is 0 Å². The van der Waals surface area contributed by atoms with E-state index < -0.39 is 10.8 Å². The molecule has 2 aromatic carbocycles. The molecular weight excluding hydrogens is 406 g/mol. The maximum absolute atomic E-state index is 12.4. The Hall–Kier alpha value is -4.41. The van der Waals surface area contributed by atoms with Gasteiger partial charge in [0.25, 0.3) is 11.6 Å². The highest BCUT2D eigenvalue weighted by Gasteiger charge is 2.14. The first-order valence-corrected chi connectivity index (χ1v) is 8.90. The number of nitro benzene ring substituents is 1. The van der Waals surface area contributed by atoms with Gasteiger partial charge in [0.05, 0.1) is 38.2 Å². The molecule has 0 atom stereocenters. The second-order valence-corrected chi connectivity index (χ2v) is 6.12. The fourth-order valence-electron chi connectivity index (χ4n) is 2.74. The Bertz CT molecular complexity index is 1140. The quantitative estimate of drug-likeness (QED) is 0.321. The Kier molecular flexibility index (Phi) is 6.45. The van der Waals surface area contributed by atoms with E-state index in [2.05, 4.69) is 20.7 Å². The molecule has 0 unspecified atom stereocenters. The van der Waals surface area contributed by atoms with Crippen LogP contribution in [0.25, 0.3) is 11.3 Å². The van der Waals surface area contributed by atoms with Gasteiger partial charge in [0.15, 0.2) is 11.5 Å². The first kappa shape index (κ1) is 21.3. The summed E-state index contributed by atoms with van der Waals surface area (Å²) < 4.78 is 15.8. The molecule has 0 aliphatic heterocycles. The van der Waals surface area contributed by atoms with Gasteiger partial charge in [0, 0.05) is 29.3 Å². The molecular formula is C20H19N5O6. The molecule has 0 saturated carbocycles. The zero-order chi connectivity index (χ0) is 22.4. The number of aromatic amines is 1. The number of carbonyl (C=O) groups is 1. The minimum Gasteiger partial charge on any atom is -0.496 e. The number of carbonyl (C=O) groups excluding carboxylic acids is 1. The lowest BCUT2D eigenvalue weighted by Crippen LogP contribution is -2.18. The lowest BCUT2D eigenvalue weighted by molar-refractivity contribution is -0.384. The number of nitro groups is 1. The number of rotatable bonds is 8. The van der Waals surface area contributed by atoms with E-state index in [1.807, 2.05) is 0 Å². The third kappa shape index (κ3) is 4.78. The lowest BCUT2D eigenvalue weighted by atomic mass is 10.1. The molecule has 160 valence electrons. The van der Waals surface area contributed by atoms with E-state index in [-0.39, 0.29) is 11.4 Å². The summed E-state index contributed by atoms with van der Waals surface area (Å²) in [6.45, 7) is 0. The number of nitrogens with zero attached hydrogens (tertiary/aromatic N) is 3. The van der Waals surface area contributed by atoms with Gasteiger partial charge >= 0.3 is 0 Å². The minimum atomic E-state index is -0.542. The van der Waals surface area contributed by atoms with Crippen LogP contribution < -0.4 is 19.6 Å². The van der Waals surface area contributed by atoms with Gasteiger partial charge in [0.2, 0.25) is 0 Å². The summed E-state index contributed by atoms with van der Waals surface area (Å²) in [5, 5.41) is 21.5. The Labute approximate surface area is 176 Å². The number of amides is 1. The molecule has 3 rings (SSSR count). The van der Waals surface area contributed by atoms with Gasteiger partial charge in [-0.05, 0) is 12.1 Å². The SMILES string of the molecule is COc1cc(OC)c(OC)cc1/C=N/NC(=O)c1cc(-c2cccc([N+](=O)[O-])c2)n[nH]1. The standard InChI is InChI=1S/C20H19N5O6/c1-29-17-10-19(31-3)18(30-2)8-13(17)11-21-24-20(26)16-9-15(22-23-16)12-5-4-6-14(7-12)25(27)28/h4-11H,1-3H3,(H,22,23)(H,24,26)/b21-11+. The zero-order valence-electron chi connectivity index (χ0n) is 16.9. The summed E-state index contributed by atoms with van der Waals surface area (Å²) in [4.78, 5) is 22.8. The van der Waals surface area contributed by atoms with Crippen molar-refractivity contribution in [3.05, 3.63) is 63.8 Å². The highest BCUT2D eigenvalue weighted by atomic mass is 16.6. The van der Waals surface area contributed by atoms with E-state index in [9.17, 15) is 14.9 Å². The summed E-state index contributed by atoms with van der Waals surface area (Å²) in [6.07, 6.45) is 1.40. The second kappa shape index (κ2) is 9.39. The number of hydrazone groups is 1. The Morgan fingerprint density at radius 2 is 1.81 bits per heavy atom. The average molecular weight is 425 g/mol. The predicted octanol–water partition coefficient (Wildman–Crippen LogP) is 2.77. The lowest BCUT2D eigenvalue weighted by Gasteiger charge is -2.11. The van der Waals surface area contributed by atoms with Crippen LogP contribution in [0.15, 0.2) is 47.6 Å². The van der Waals surface area contributed by atoms with Gasteiger partial charge in [-0.1, -0.05) is 12.1 Å². The van der Waals surface area contributed by atoms with Crippen molar-refractivity contribution in [2.75, 3.05) is 21.3 Å². The Morgan fingerprint density at radius 3 is 2.48 bits per heavy atom. The molecule has 0 saturated heterocycles. The van der Waals surface area contributed by atoms with Crippen LogP contribution in [0.4, 0.5) is 5.69 Å². The maximum atomic E-state index is 12.4. The smallest absolute Gasteiger partial charge is 0.289 e. The molecule has 3 aromatic rings. The number of hydrogen-bond donors (Lipinski definition) is 2. The molecule has 11 nitrogen and oxygen atoms in total. The number of H-pyrrole nitrogens is 1. The van der Waals surface area contributed by atoms with Gasteiger partial charge in [-0.3, -0.25) is 20.0 Å². The average Bonchev–Trinajstić information content (AvgIpc) is 3.29. The molecule has 0 aliphatic carbocycles. The number of aromatic nitrogens is 2. The molecule has 1 heterocycles. The number of ether oxygens (including phenoxy) is 3. The monoisotopic (exact) mass is 425 g/mol. The van der Waals surface area contributed by atoms with Crippen LogP contribution in [0, 0.1) is 10.1 Å². The number of methoxy groups -OCH3 is 3. The van der Waals surface area contributed by atoms with Crippen molar-refractivity contribution in [1.82, 2.24) is 15.6 Å². The van der Waals surface area contributed by atoms with E-state index >= 15 is 0 Å². The number of nitrogens with one attached hydrogen (secondary N) is 2.